The van der Waals surface area contributed by atoms with E-state index in [1.54, 1.807) is 30.3 Å². The molecule has 2 aromatic heterocycles. The van der Waals surface area contributed by atoms with E-state index in [1.807, 2.05) is 48.7 Å². The zero-order chi connectivity index (χ0) is 32.6. The maximum Gasteiger partial charge on any atom is 0.274 e. The van der Waals surface area contributed by atoms with Gasteiger partial charge in [-0.3, -0.25) is 14.5 Å². The van der Waals surface area contributed by atoms with Crippen molar-refractivity contribution >= 4 is 28.8 Å². The summed E-state index contributed by atoms with van der Waals surface area (Å²) in [6.07, 6.45) is 3.57. The maximum absolute atomic E-state index is 13.7. The van der Waals surface area contributed by atoms with E-state index < -0.39 is 0 Å². The number of nitrogens with zero attached hydrogens (tertiary/aromatic N) is 5. The molecule has 2 N–H and O–H groups in total. The third kappa shape index (κ3) is 6.10. The number of aryl methyl sites for hydroxylation is 1. The second-order valence-electron chi connectivity index (χ2n) is 12.9. The van der Waals surface area contributed by atoms with Gasteiger partial charge in [-0.1, -0.05) is 45.9 Å². The van der Waals surface area contributed by atoms with Gasteiger partial charge in [-0.05, 0) is 59.5 Å². The van der Waals surface area contributed by atoms with Crippen molar-refractivity contribution in [2.24, 2.45) is 7.05 Å². The first kappa shape index (κ1) is 31.3. The minimum atomic E-state index is -0.313. The number of anilines is 4. The van der Waals surface area contributed by atoms with E-state index in [4.69, 9.17) is 4.74 Å². The minimum absolute atomic E-state index is 0.0198. The van der Waals surface area contributed by atoms with E-state index in [2.05, 4.69) is 47.8 Å². The van der Waals surface area contributed by atoms with Crippen molar-refractivity contribution in [1.29, 1.82) is 0 Å². The monoisotopic (exact) mass is 622 g/mol. The molecule has 0 atom stereocenters. The highest BCUT2D eigenvalue weighted by Crippen LogP contribution is 2.37. The van der Waals surface area contributed by atoms with Crippen molar-refractivity contribution in [3.63, 3.8) is 0 Å². The Kier molecular flexibility index (Phi) is 8.59. The van der Waals surface area contributed by atoms with E-state index in [0.29, 0.717) is 45.2 Å². The molecule has 0 spiro atoms. The first-order valence-electron chi connectivity index (χ1n) is 15.8. The molecule has 1 amide bonds. The molecule has 0 bridgehead atoms. The SMILES string of the molecule is CCN1CCN(c2ccc(Nc3cc(-c4cccc(N5COc6cc(C(C)(C)C)ccc6C5=O)c4CO)cn(C)c3=O)nc2)CC1. The minimum Gasteiger partial charge on any atom is -0.472 e. The zero-order valence-corrected chi connectivity index (χ0v) is 27.2. The highest BCUT2D eigenvalue weighted by molar-refractivity contribution is 6.09. The fraction of sp³-hybridized carbons (Fsp3) is 0.361. The van der Waals surface area contributed by atoms with Gasteiger partial charge in [-0.15, -0.1) is 0 Å². The number of likely N-dealkylation sites (N-methyl/N-ethyl adjacent to an activating group) is 1. The number of benzene rings is 2. The van der Waals surface area contributed by atoms with Crippen molar-refractivity contribution in [1.82, 2.24) is 14.5 Å². The molecular weight excluding hydrogens is 580 g/mol. The summed E-state index contributed by atoms with van der Waals surface area (Å²) in [6, 6.07) is 16.9. The number of carbonyl (C=O) groups excluding carboxylic acids is 1. The lowest BCUT2D eigenvalue weighted by Crippen LogP contribution is -2.46. The van der Waals surface area contributed by atoms with Crippen molar-refractivity contribution in [2.75, 3.05) is 54.6 Å². The van der Waals surface area contributed by atoms with Crippen LogP contribution in [-0.2, 0) is 19.1 Å². The van der Waals surface area contributed by atoms with Crippen LogP contribution >= 0.6 is 0 Å². The molecule has 1 saturated heterocycles. The van der Waals surface area contributed by atoms with E-state index in [9.17, 15) is 14.7 Å². The standard InChI is InChI=1S/C36H42N6O4/c1-6-40-14-16-41(17-15-40)26-11-13-33(37-20-26)38-30-18-24(21-39(5)35(30)45)27-8-7-9-31(29(27)22-43)42-23-46-32-19-25(36(2,3)4)10-12-28(32)34(42)44/h7-13,18-21,43H,6,14-17,22-23H2,1-5H3,(H,37,38). The van der Waals surface area contributed by atoms with E-state index in [1.165, 1.54) is 4.57 Å². The predicted molar refractivity (Wildman–Crippen MR) is 182 cm³/mol. The van der Waals surface area contributed by atoms with Crippen LogP contribution in [0.1, 0.15) is 49.2 Å². The average molecular weight is 623 g/mol. The predicted octanol–water partition coefficient (Wildman–Crippen LogP) is 5.12. The van der Waals surface area contributed by atoms with Crippen molar-refractivity contribution < 1.29 is 14.6 Å². The van der Waals surface area contributed by atoms with Crippen LogP contribution in [0.15, 0.2) is 71.8 Å². The number of pyridine rings is 2. The molecular formula is C36H42N6O4. The number of hydrogen-bond acceptors (Lipinski definition) is 8. The van der Waals surface area contributed by atoms with Gasteiger partial charge in [-0.2, -0.15) is 0 Å². The van der Waals surface area contributed by atoms with Crippen molar-refractivity contribution in [3.8, 4) is 16.9 Å². The van der Waals surface area contributed by atoms with E-state index >= 15 is 0 Å². The van der Waals surface area contributed by atoms with Gasteiger partial charge in [0.1, 0.15) is 17.3 Å². The summed E-state index contributed by atoms with van der Waals surface area (Å²) in [4.78, 5) is 37.8. The van der Waals surface area contributed by atoms with Crippen molar-refractivity contribution in [3.05, 3.63) is 94.0 Å². The van der Waals surface area contributed by atoms with E-state index in [-0.39, 0.29) is 30.2 Å². The Labute approximate surface area is 269 Å². The third-order valence-corrected chi connectivity index (χ3v) is 8.96. The summed E-state index contributed by atoms with van der Waals surface area (Å²) in [7, 11) is 1.69. The van der Waals surface area contributed by atoms with Gasteiger partial charge in [0.05, 0.1) is 29.7 Å². The van der Waals surface area contributed by atoms with Gasteiger partial charge in [0.15, 0.2) is 6.73 Å². The lowest BCUT2D eigenvalue weighted by atomic mass is 9.86. The molecule has 2 aliphatic heterocycles. The quantitative estimate of drug-likeness (QED) is 0.293. The van der Waals surface area contributed by atoms with Crippen LogP contribution in [0.4, 0.5) is 22.9 Å². The first-order valence-corrected chi connectivity index (χ1v) is 15.8. The van der Waals surface area contributed by atoms with Crippen molar-refractivity contribution in [2.45, 2.75) is 39.7 Å². The molecule has 10 nitrogen and oxygen atoms in total. The normalized spacial score (nSPS) is 15.5. The van der Waals surface area contributed by atoms with Gasteiger partial charge < -0.3 is 29.5 Å². The largest absolute Gasteiger partial charge is 0.472 e. The fourth-order valence-corrected chi connectivity index (χ4v) is 6.12. The maximum atomic E-state index is 13.7. The van der Waals surface area contributed by atoms with Crippen LogP contribution < -0.4 is 25.4 Å². The number of carbonyl (C=O) groups is 1. The third-order valence-electron chi connectivity index (χ3n) is 8.96. The average Bonchev–Trinajstić information content (AvgIpc) is 3.06. The van der Waals surface area contributed by atoms with Crippen LogP contribution in [0.25, 0.3) is 11.1 Å². The second kappa shape index (κ2) is 12.6. The molecule has 4 heterocycles. The molecule has 0 saturated carbocycles. The molecule has 10 heteroatoms. The second-order valence-corrected chi connectivity index (χ2v) is 12.9. The van der Waals surface area contributed by atoms with Gasteiger partial charge >= 0.3 is 0 Å². The van der Waals surface area contributed by atoms with Gasteiger partial charge in [0.2, 0.25) is 0 Å². The lowest BCUT2D eigenvalue weighted by Gasteiger charge is -2.35. The number of amides is 1. The zero-order valence-electron chi connectivity index (χ0n) is 27.2. The van der Waals surface area contributed by atoms with Crippen LogP contribution in [0.2, 0.25) is 0 Å². The van der Waals surface area contributed by atoms with Gasteiger partial charge in [0.25, 0.3) is 11.5 Å². The summed E-state index contributed by atoms with van der Waals surface area (Å²) in [5.41, 5.74) is 5.21. The summed E-state index contributed by atoms with van der Waals surface area (Å²) in [5.74, 6) is 0.925. The smallest absolute Gasteiger partial charge is 0.274 e. The summed E-state index contributed by atoms with van der Waals surface area (Å²) >= 11 is 0. The first-order chi connectivity index (χ1) is 22.1. The molecule has 1 fully saturated rings. The topological polar surface area (TPSA) is 103 Å². The highest BCUT2D eigenvalue weighted by Gasteiger charge is 2.30. The Morgan fingerprint density at radius 2 is 1.76 bits per heavy atom. The molecule has 0 aliphatic carbocycles. The molecule has 240 valence electrons. The number of fused-ring (bicyclic) bond motifs is 1. The Bertz CT molecular complexity index is 1800. The molecule has 0 unspecified atom stereocenters. The highest BCUT2D eigenvalue weighted by atomic mass is 16.5. The van der Waals surface area contributed by atoms with Crippen LogP contribution in [0.3, 0.4) is 0 Å². The Morgan fingerprint density at radius 1 is 0.978 bits per heavy atom. The molecule has 46 heavy (non-hydrogen) atoms. The molecule has 4 aromatic rings. The number of piperazine rings is 1. The Hall–Kier alpha value is -4.67. The number of hydrogen-bond donors (Lipinski definition) is 2. The lowest BCUT2D eigenvalue weighted by molar-refractivity contribution is 0.0936. The van der Waals surface area contributed by atoms with Crippen LogP contribution in [0, 0.1) is 0 Å². The number of ether oxygens (including phenoxy) is 1. The summed E-state index contributed by atoms with van der Waals surface area (Å²) in [5, 5.41) is 13.8. The Morgan fingerprint density at radius 3 is 2.43 bits per heavy atom. The molecule has 6 rings (SSSR count). The number of aliphatic hydroxyl groups is 1. The summed E-state index contributed by atoms with van der Waals surface area (Å²) in [6.45, 7) is 13.3. The molecule has 0 radical (unpaired) electrons. The van der Waals surface area contributed by atoms with Crippen LogP contribution in [-0.4, -0.2) is 64.9 Å². The number of rotatable bonds is 7. The molecule has 2 aromatic carbocycles. The fourth-order valence-electron chi connectivity index (χ4n) is 6.12. The van der Waals surface area contributed by atoms with Crippen LogP contribution in [0.5, 0.6) is 5.75 Å². The molecule has 2 aliphatic rings. The summed E-state index contributed by atoms with van der Waals surface area (Å²) < 4.78 is 7.58. The number of aliphatic hydroxyl groups excluding tert-OH is 1. The number of aromatic nitrogens is 2. The number of nitrogens with one attached hydrogen (secondary N) is 1. The van der Waals surface area contributed by atoms with Gasteiger partial charge in [0, 0.05) is 50.6 Å². The Balaban J connectivity index is 1.27. The van der Waals surface area contributed by atoms with E-state index in [0.717, 1.165) is 44.0 Å². The van der Waals surface area contributed by atoms with Gasteiger partial charge in [-0.25, -0.2) is 4.98 Å².